The summed E-state index contributed by atoms with van der Waals surface area (Å²) in [5.41, 5.74) is -0.882. The van der Waals surface area contributed by atoms with Crippen LogP contribution in [-0.2, 0) is 0 Å². The van der Waals surface area contributed by atoms with E-state index in [4.69, 9.17) is 0 Å². The molecule has 9 nitrogen and oxygen atoms in total. The summed E-state index contributed by atoms with van der Waals surface area (Å²) in [6.07, 6.45) is 0. The molecule has 130 valence electrons. The molecule has 0 saturated carbocycles. The molecule has 3 aromatic rings. The number of fused-ring (bicyclic) bond motifs is 1. The molecule has 0 radical (unpaired) electrons. The first-order valence-electron chi connectivity index (χ1n) is 7.33. The third-order valence-electron chi connectivity index (χ3n) is 3.81. The number of nitro groups is 2. The van der Waals surface area contributed by atoms with E-state index in [1.165, 1.54) is 6.07 Å². The Balaban J connectivity index is 2.24. The summed E-state index contributed by atoms with van der Waals surface area (Å²) in [5, 5.41) is 35.6. The van der Waals surface area contributed by atoms with Gasteiger partial charge in [0.1, 0.15) is 5.69 Å². The fraction of sp³-hybridized carbons (Fsp3) is 0. The van der Waals surface area contributed by atoms with Crippen molar-refractivity contribution in [3.05, 3.63) is 80.4 Å². The van der Waals surface area contributed by atoms with E-state index in [0.29, 0.717) is 10.8 Å². The number of rotatable bonds is 5. The molecule has 9 heteroatoms. The second-order valence-electron chi connectivity index (χ2n) is 5.36. The van der Waals surface area contributed by atoms with Crippen molar-refractivity contribution in [1.82, 2.24) is 0 Å². The lowest BCUT2D eigenvalue weighted by molar-refractivity contribution is -0.384. The van der Waals surface area contributed by atoms with Crippen molar-refractivity contribution < 1.29 is 19.7 Å². The molecule has 3 aromatic carbocycles. The Morgan fingerprint density at radius 3 is 2.35 bits per heavy atom. The van der Waals surface area contributed by atoms with Gasteiger partial charge >= 0.3 is 5.97 Å². The van der Waals surface area contributed by atoms with Gasteiger partial charge in [-0.1, -0.05) is 24.3 Å². The number of carboxylic acids is 1. The van der Waals surface area contributed by atoms with Crippen LogP contribution < -0.4 is 5.32 Å². The number of non-ortho nitro benzene ring substituents is 1. The summed E-state index contributed by atoms with van der Waals surface area (Å²) in [6.45, 7) is 0. The molecule has 2 N–H and O–H groups in total. The molecular weight excluding hydrogens is 342 g/mol. The van der Waals surface area contributed by atoms with E-state index in [9.17, 15) is 30.1 Å². The molecule has 3 rings (SSSR count). The van der Waals surface area contributed by atoms with Crippen LogP contribution in [0.4, 0.5) is 22.7 Å². The lowest BCUT2D eigenvalue weighted by Crippen LogP contribution is -2.05. The van der Waals surface area contributed by atoms with E-state index in [2.05, 4.69) is 5.32 Å². The lowest BCUT2D eigenvalue weighted by Gasteiger charge is -2.12. The Kier molecular flexibility index (Phi) is 4.19. The summed E-state index contributed by atoms with van der Waals surface area (Å²) < 4.78 is 0. The maximum Gasteiger partial charge on any atom is 0.337 e. The molecule has 0 atom stereocenters. The molecule has 0 fully saturated rings. The van der Waals surface area contributed by atoms with Crippen molar-refractivity contribution in [2.45, 2.75) is 0 Å². The predicted molar refractivity (Wildman–Crippen MR) is 93.9 cm³/mol. The van der Waals surface area contributed by atoms with Gasteiger partial charge in [-0.3, -0.25) is 20.2 Å². The lowest BCUT2D eigenvalue weighted by atomic mass is 10.1. The normalized spacial score (nSPS) is 10.5. The SMILES string of the molecule is O=C(O)c1ccc([N+](=O)[O-])cc1Nc1c([N+](=O)[O-])ccc2ccccc12. The van der Waals surface area contributed by atoms with Gasteiger partial charge in [0.15, 0.2) is 0 Å². The van der Waals surface area contributed by atoms with Crippen molar-refractivity contribution >= 4 is 39.5 Å². The van der Waals surface area contributed by atoms with Crippen LogP contribution in [0.15, 0.2) is 54.6 Å². The number of carboxylic acid groups (broad SMARTS) is 1. The zero-order valence-corrected chi connectivity index (χ0v) is 13.1. The Morgan fingerprint density at radius 1 is 0.962 bits per heavy atom. The largest absolute Gasteiger partial charge is 0.478 e. The van der Waals surface area contributed by atoms with Crippen LogP contribution in [0.1, 0.15) is 10.4 Å². The van der Waals surface area contributed by atoms with Gasteiger partial charge < -0.3 is 10.4 Å². The monoisotopic (exact) mass is 353 g/mol. The summed E-state index contributed by atoms with van der Waals surface area (Å²) in [7, 11) is 0. The molecular formula is C17H11N3O6. The Morgan fingerprint density at radius 2 is 1.69 bits per heavy atom. The molecule has 0 heterocycles. The standard InChI is InChI=1S/C17H11N3O6/c21-17(22)13-7-6-11(19(23)24)9-14(13)18-16-12-4-2-1-3-10(12)5-8-15(16)20(25)26/h1-9,18H,(H,21,22). The first-order valence-corrected chi connectivity index (χ1v) is 7.33. The maximum atomic E-state index is 11.4. The van der Waals surface area contributed by atoms with Gasteiger partial charge in [0.05, 0.1) is 21.1 Å². The van der Waals surface area contributed by atoms with Crippen molar-refractivity contribution in [3.63, 3.8) is 0 Å². The maximum absolute atomic E-state index is 11.4. The Bertz CT molecular complexity index is 1060. The van der Waals surface area contributed by atoms with Crippen LogP contribution >= 0.6 is 0 Å². The molecule has 0 aliphatic heterocycles. The Hall–Kier alpha value is -4.01. The number of hydrogen-bond donors (Lipinski definition) is 2. The number of nitrogens with zero attached hydrogens (tertiary/aromatic N) is 2. The van der Waals surface area contributed by atoms with Crippen molar-refractivity contribution in [3.8, 4) is 0 Å². The van der Waals surface area contributed by atoms with Gasteiger partial charge in [-0.15, -0.1) is 0 Å². The summed E-state index contributed by atoms with van der Waals surface area (Å²) in [5.74, 6) is -1.31. The van der Waals surface area contributed by atoms with Crippen LogP contribution in [0.25, 0.3) is 10.8 Å². The molecule has 0 aromatic heterocycles. The van der Waals surface area contributed by atoms with Crippen LogP contribution in [-0.4, -0.2) is 20.9 Å². The molecule has 26 heavy (non-hydrogen) atoms. The fourth-order valence-corrected chi connectivity index (χ4v) is 2.61. The van der Waals surface area contributed by atoms with Crippen LogP contribution in [0, 0.1) is 20.2 Å². The van der Waals surface area contributed by atoms with Crippen molar-refractivity contribution in [2.24, 2.45) is 0 Å². The van der Waals surface area contributed by atoms with E-state index < -0.39 is 15.8 Å². The van der Waals surface area contributed by atoms with E-state index in [1.54, 1.807) is 30.3 Å². The first kappa shape index (κ1) is 16.8. The van der Waals surface area contributed by atoms with E-state index in [1.807, 2.05) is 0 Å². The number of nitro benzene ring substituents is 2. The second-order valence-corrected chi connectivity index (χ2v) is 5.36. The van der Waals surface area contributed by atoms with Gasteiger partial charge in [0, 0.05) is 23.6 Å². The third kappa shape index (κ3) is 3.00. The van der Waals surface area contributed by atoms with E-state index >= 15 is 0 Å². The average molecular weight is 353 g/mol. The Labute approximate surface area is 145 Å². The highest BCUT2D eigenvalue weighted by molar-refractivity contribution is 6.03. The fourth-order valence-electron chi connectivity index (χ4n) is 2.61. The van der Waals surface area contributed by atoms with Crippen LogP contribution in [0.3, 0.4) is 0 Å². The van der Waals surface area contributed by atoms with Gasteiger partial charge in [0.2, 0.25) is 0 Å². The number of carbonyl (C=O) groups is 1. The minimum absolute atomic E-state index is 0.0658. The summed E-state index contributed by atoms with van der Waals surface area (Å²) >= 11 is 0. The van der Waals surface area contributed by atoms with Crippen molar-refractivity contribution in [1.29, 1.82) is 0 Å². The highest BCUT2D eigenvalue weighted by Crippen LogP contribution is 2.36. The molecule has 0 saturated heterocycles. The van der Waals surface area contributed by atoms with Gasteiger partial charge in [0.25, 0.3) is 11.4 Å². The van der Waals surface area contributed by atoms with E-state index in [-0.39, 0.29) is 28.3 Å². The molecule has 0 bridgehead atoms. The highest BCUT2D eigenvalue weighted by Gasteiger charge is 2.21. The molecule has 0 amide bonds. The number of benzene rings is 3. The highest BCUT2D eigenvalue weighted by atomic mass is 16.6. The number of aromatic carboxylic acids is 1. The van der Waals surface area contributed by atoms with Gasteiger partial charge in [-0.05, 0) is 17.5 Å². The molecule has 0 aliphatic rings. The number of hydrogen-bond acceptors (Lipinski definition) is 6. The predicted octanol–water partition coefficient (Wildman–Crippen LogP) is 4.10. The topological polar surface area (TPSA) is 136 Å². The number of nitrogens with one attached hydrogen (secondary N) is 1. The van der Waals surface area contributed by atoms with Gasteiger partial charge in [-0.25, -0.2) is 4.79 Å². The second kappa shape index (κ2) is 6.48. The van der Waals surface area contributed by atoms with Crippen LogP contribution in [0.5, 0.6) is 0 Å². The molecule has 0 aliphatic carbocycles. The summed E-state index contributed by atoms with van der Waals surface area (Å²) in [6, 6.07) is 12.9. The molecule has 0 spiro atoms. The number of anilines is 2. The minimum atomic E-state index is -1.31. The smallest absolute Gasteiger partial charge is 0.337 e. The average Bonchev–Trinajstić information content (AvgIpc) is 2.61. The quantitative estimate of drug-likeness (QED) is 0.520. The third-order valence-corrected chi connectivity index (χ3v) is 3.81. The van der Waals surface area contributed by atoms with Crippen LogP contribution in [0.2, 0.25) is 0 Å². The zero-order chi connectivity index (χ0) is 18.8. The first-order chi connectivity index (χ1) is 12.4. The zero-order valence-electron chi connectivity index (χ0n) is 13.1. The van der Waals surface area contributed by atoms with Crippen molar-refractivity contribution in [2.75, 3.05) is 5.32 Å². The van der Waals surface area contributed by atoms with Gasteiger partial charge in [-0.2, -0.15) is 0 Å². The minimum Gasteiger partial charge on any atom is -0.478 e. The summed E-state index contributed by atoms with van der Waals surface area (Å²) in [4.78, 5) is 32.5. The van der Waals surface area contributed by atoms with E-state index in [0.717, 1.165) is 18.2 Å². The molecule has 0 unspecified atom stereocenters.